The Labute approximate surface area is 122 Å². The van der Waals surface area contributed by atoms with Gasteiger partial charge in [0.05, 0.1) is 5.54 Å². The van der Waals surface area contributed by atoms with Gasteiger partial charge in [-0.25, -0.2) is 0 Å². The van der Waals surface area contributed by atoms with Crippen LogP contribution in [0.15, 0.2) is 6.07 Å². The summed E-state index contributed by atoms with van der Waals surface area (Å²) >= 11 is 0. The number of hydrogen-bond acceptors (Lipinski definition) is 3. The van der Waals surface area contributed by atoms with E-state index >= 15 is 0 Å². The molecule has 0 unspecified atom stereocenters. The van der Waals surface area contributed by atoms with Crippen molar-refractivity contribution in [3.05, 3.63) is 17.5 Å². The molecule has 5 nitrogen and oxygen atoms in total. The van der Waals surface area contributed by atoms with E-state index in [1.165, 1.54) is 0 Å². The van der Waals surface area contributed by atoms with E-state index in [1.807, 2.05) is 17.7 Å². The highest BCUT2D eigenvalue weighted by atomic mass is 16.1. The van der Waals surface area contributed by atoms with Gasteiger partial charge in [0, 0.05) is 18.8 Å². The lowest BCUT2D eigenvalue weighted by Gasteiger charge is -2.21. The van der Waals surface area contributed by atoms with Crippen molar-refractivity contribution in [3.63, 3.8) is 0 Å². The summed E-state index contributed by atoms with van der Waals surface area (Å²) in [5.41, 5.74) is 1.40. The molecule has 20 heavy (non-hydrogen) atoms. The van der Waals surface area contributed by atoms with E-state index in [9.17, 15) is 4.79 Å². The summed E-state index contributed by atoms with van der Waals surface area (Å²) < 4.78 is 1.90. The van der Waals surface area contributed by atoms with Crippen LogP contribution in [0.2, 0.25) is 0 Å². The molecule has 0 bridgehead atoms. The topological polar surface area (TPSA) is 50.2 Å². The number of aromatic nitrogens is 2. The number of carbonyl (C=O) groups is 1. The number of aryl methyl sites for hydroxylation is 1. The van der Waals surface area contributed by atoms with Crippen LogP contribution in [-0.2, 0) is 5.54 Å². The minimum Gasteiger partial charge on any atom is -0.349 e. The summed E-state index contributed by atoms with van der Waals surface area (Å²) in [5.74, 6) is -0.0942. The van der Waals surface area contributed by atoms with Crippen LogP contribution in [-0.4, -0.2) is 46.8 Å². The second-order valence-corrected chi connectivity index (χ2v) is 6.04. The maximum absolute atomic E-state index is 12.1. The van der Waals surface area contributed by atoms with Gasteiger partial charge < -0.3 is 10.2 Å². The van der Waals surface area contributed by atoms with Crippen molar-refractivity contribution in [2.45, 2.75) is 47.1 Å². The van der Waals surface area contributed by atoms with Gasteiger partial charge >= 0.3 is 0 Å². The molecule has 0 radical (unpaired) electrons. The maximum atomic E-state index is 12.1. The first-order valence-corrected chi connectivity index (χ1v) is 7.37. The second kappa shape index (κ2) is 6.88. The van der Waals surface area contributed by atoms with E-state index in [0.29, 0.717) is 12.2 Å². The third-order valence-electron chi connectivity index (χ3n) is 3.36. The normalized spacial score (nSPS) is 11.9. The standard InChI is InChI=1S/C15H28N4O/c1-7-18(8-2)10-9-16-14(20)13-11-12(3)19(17-13)15(4,5)6/h11H,7-10H2,1-6H3,(H,16,20). The minimum absolute atomic E-state index is 0.0942. The molecule has 0 saturated heterocycles. The van der Waals surface area contributed by atoms with E-state index in [-0.39, 0.29) is 11.4 Å². The Kier molecular flexibility index (Phi) is 5.74. The first-order chi connectivity index (χ1) is 9.29. The Morgan fingerprint density at radius 2 is 1.95 bits per heavy atom. The van der Waals surface area contributed by atoms with Crippen LogP contribution >= 0.6 is 0 Å². The van der Waals surface area contributed by atoms with Gasteiger partial charge in [-0.1, -0.05) is 13.8 Å². The number of amides is 1. The highest BCUT2D eigenvalue weighted by Gasteiger charge is 2.19. The van der Waals surface area contributed by atoms with Crippen molar-refractivity contribution in [2.24, 2.45) is 0 Å². The smallest absolute Gasteiger partial charge is 0.271 e. The zero-order valence-corrected chi connectivity index (χ0v) is 13.7. The molecule has 1 rings (SSSR count). The molecule has 0 aliphatic carbocycles. The SMILES string of the molecule is CCN(CC)CCNC(=O)c1cc(C)n(C(C)(C)C)n1. The second-order valence-electron chi connectivity index (χ2n) is 6.04. The fraction of sp³-hybridized carbons (Fsp3) is 0.733. The van der Waals surface area contributed by atoms with Gasteiger partial charge in [0.15, 0.2) is 0 Å². The average Bonchev–Trinajstić information content (AvgIpc) is 2.76. The van der Waals surface area contributed by atoms with E-state index in [0.717, 1.165) is 25.3 Å². The third kappa shape index (κ3) is 4.34. The molecular weight excluding hydrogens is 252 g/mol. The Bertz CT molecular complexity index is 441. The average molecular weight is 280 g/mol. The molecule has 0 spiro atoms. The third-order valence-corrected chi connectivity index (χ3v) is 3.36. The summed E-state index contributed by atoms with van der Waals surface area (Å²) in [4.78, 5) is 14.4. The lowest BCUT2D eigenvalue weighted by atomic mass is 10.1. The van der Waals surface area contributed by atoms with Crippen molar-refractivity contribution in [3.8, 4) is 0 Å². The molecule has 0 aromatic carbocycles. The number of likely N-dealkylation sites (N-methyl/N-ethyl adjacent to an activating group) is 1. The summed E-state index contributed by atoms with van der Waals surface area (Å²) in [6.07, 6.45) is 0. The van der Waals surface area contributed by atoms with Crippen molar-refractivity contribution < 1.29 is 4.79 Å². The van der Waals surface area contributed by atoms with Gasteiger partial charge in [-0.3, -0.25) is 9.48 Å². The number of nitrogens with zero attached hydrogens (tertiary/aromatic N) is 3. The highest BCUT2D eigenvalue weighted by molar-refractivity contribution is 5.92. The van der Waals surface area contributed by atoms with E-state index in [2.05, 4.69) is 49.9 Å². The molecule has 0 saturated carbocycles. The predicted octanol–water partition coefficient (Wildman–Crippen LogP) is 2.02. The molecule has 0 atom stereocenters. The molecule has 0 fully saturated rings. The summed E-state index contributed by atoms with van der Waals surface area (Å²) in [6.45, 7) is 16.0. The molecule has 0 aliphatic rings. The van der Waals surface area contributed by atoms with Crippen molar-refractivity contribution in [1.82, 2.24) is 20.0 Å². The van der Waals surface area contributed by atoms with Gasteiger partial charge in [0.25, 0.3) is 5.91 Å². The zero-order chi connectivity index (χ0) is 15.3. The number of rotatable bonds is 6. The van der Waals surface area contributed by atoms with Crippen molar-refractivity contribution in [1.29, 1.82) is 0 Å². The Morgan fingerprint density at radius 3 is 2.40 bits per heavy atom. The number of carbonyl (C=O) groups excluding carboxylic acids is 1. The maximum Gasteiger partial charge on any atom is 0.271 e. The van der Waals surface area contributed by atoms with E-state index < -0.39 is 0 Å². The van der Waals surface area contributed by atoms with Crippen LogP contribution in [0.3, 0.4) is 0 Å². The monoisotopic (exact) mass is 280 g/mol. The molecule has 114 valence electrons. The molecule has 1 aromatic rings. The highest BCUT2D eigenvalue weighted by Crippen LogP contribution is 2.16. The molecule has 1 aromatic heterocycles. The Hall–Kier alpha value is -1.36. The van der Waals surface area contributed by atoms with Crippen LogP contribution in [0.25, 0.3) is 0 Å². The fourth-order valence-electron chi connectivity index (χ4n) is 2.22. The number of hydrogen-bond donors (Lipinski definition) is 1. The van der Waals surface area contributed by atoms with Gasteiger partial charge in [-0.05, 0) is 46.9 Å². The van der Waals surface area contributed by atoms with Crippen molar-refractivity contribution in [2.75, 3.05) is 26.2 Å². The van der Waals surface area contributed by atoms with Gasteiger partial charge in [-0.2, -0.15) is 5.10 Å². The Morgan fingerprint density at radius 1 is 1.35 bits per heavy atom. The first kappa shape index (κ1) is 16.7. The van der Waals surface area contributed by atoms with Crippen LogP contribution in [0.4, 0.5) is 0 Å². The predicted molar refractivity (Wildman–Crippen MR) is 82.1 cm³/mol. The van der Waals surface area contributed by atoms with Gasteiger partial charge in [0.2, 0.25) is 0 Å². The van der Waals surface area contributed by atoms with Gasteiger partial charge in [-0.15, -0.1) is 0 Å². The lowest BCUT2D eigenvalue weighted by molar-refractivity contribution is 0.0942. The quantitative estimate of drug-likeness (QED) is 0.867. The summed E-state index contributed by atoms with van der Waals surface area (Å²) in [5, 5.41) is 7.34. The van der Waals surface area contributed by atoms with Crippen LogP contribution < -0.4 is 5.32 Å². The fourth-order valence-corrected chi connectivity index (χ4v) is 2.22. The van der Waals surface area contributed by atoms with E-state index in [4.69, 9.17) is 0 Å². The number of nitrogens with one attached hydrogen (secondary N) is 1. The van der Waals surface area contributed by atoms with E-state index in [1.54, 1.807) is 0 Å². The minimum atomic E-state index is -0.107. The molecule has 1 heterocycles. The zero-order valence-electron chi connectivity index (χ0n) is 13.7. The molecular formula is C15H28N4O. The summed E-state index contributed by atoms with van der Waals surface area (Å²) in [6, 6.07) is 1.85. The first-order valence-electron chi connectivity index (χ1n) is 7.37. The van der Waals surface area contributed by atoms with Crippen LogP contribution in [0, 0.1) is 6.92 Å². The lowest BCUT2D eigenvalue weighted by Crippen LogP contribution is -2.35. The molecule has 5 heteroatoms. The molecule has 1 N–H and O–H groups in total. The molecule has 1 amide bonds. The van der Waals surface area contributed by atoms with Crippen LogP contribution in [0.1, 0.15) is 50.8 Å². The van der Waals surface area contributed by atoms with Crippen LogP contribution in [0.5, 0.6) is 0 Å². The largest absolute Gasteiger partial charge is 0.349 e. The van der Waals surface area contributed by atoms with Gasteiger partial charge in [0.1, 0.15) is 5.69 Å². The van der Waals surface area contributed by atoms with Crippen molar-refractivity contribution >= 4 is 5.91 Å². The molecule has 0 aliphatic heterocycles. The Balaban J connectivity index is 2.61. The summed E-state index contributed by atoms with van der Waals surface area (Å²) in [7, 11) is 0.